The quantitative estimate of drug-likeness (QED) is 0.754. The van der Waals surface area contributed by atoms with E-state index < -0.39 is 10.0 Å². The van der Waals surface area contributed by atoms with Crippen LogP contribution in [0.2, 0.25) is 5.02 Å². The van der Waals surface area contributed by atoms with Gasteiger partial charge < -0.3 is 9.64 Å². The average molecular weight is 444 g/mol. The van der Waals surface area contributed by atoms with Crippen LogP contribution < -0.4 is 4.72 Å². The van der Waals surface area contributed by atoms with E-state index in [1.54, 1.807) is 4.90 Å². The lowest BCUT2D eigenvalue weighted by Crippen LogP contribution is -2.48. The maximum Gasteiger partial charge on any atom is 0.255 e. The van der Waals surface area contributed by atoms with Gasteiger partial charge >= 0.3 is 0 Å². The Morgan fingerprint density at radius 2 is 1.83 bits per heavy atom. The topological polar surface area (TPSA) is 79.0 Å². The van der Waals surface area contributed by atoms with E-state index in [0.29, 0.717) is 19.0 Å². The van der Waals surface area contributed by atoms with Gasteiger partial charge in [-0.05, 0) is 57.9 Å². The van der Waals surface area contributed by atoms with Gasteiger partial charge in [-0.25, -0.2) is 13.1 Å². The minimum absolute atomic E-state index is 0.0400. The molecule has 1 amide bonds. The predicted molar refractivity (Wildman–Crippen MR) is 113 cm³/mol. The van der Waals surface area contributed by atoms with Crippen molar-refractivity contribution in [3.05, 3.63) is 28.8 Å². The van der Waals surface area contributed by atoms with Gasteiger partial charge in [-0.3, -0.25) is 9.69 Å². The first-order valence-corrected chi connectivity index (χ1v) is 12.0. The predicted octanol–water partition coefficient (Wildman–Crippen LogP) is 2.21. The molecule has 7 nitrogen and oxygen atoms in total. The third kappa shape index (κ3) is 5.49. The molecule has 3 rings (SSSR count). The molecule has 1 aromatic rings. The first-order valence-electron chi connectivity index (χ1n) is 10.1. The molecule has 0 aliphatic carbocycles. The third-order valence-electron chi connectivity index (χ3n) is 5.66. The zero-order chi connectivity index (χ0) is 21.2. The number of benzene rings is 1. The van der Waals surface area contributed by atoms with Crippen molar-refractivity contribution in [3.8, 4) is 0 Å². The van der Waals surface area contributed by atoms with Crippen molar-refractivity contribution in [2.45, 2.75) is 43.8 Å². The Kier molecular flexibility index (Phi) is 7.22. The molecule has 2 heterocycles. The van der Waals surface area contributed by atoms with Crippen LogP contribution in [0, 0.1) is 5.92 Å². The Labute approximate surface area is 178 Å². The largest absolute Gasteiger partial charge is 0.373 e. The standard InChI is InChI=1S/C20H30ClN3O4S/c1-14-11-23(12-15(2)28-14)13-16-6-8-24(9-7-16)20(25)18-10-17(4-5-19(18)21)29(26,27)22-3/h4-5,10,14-16,22H,6-9,11-13H2,1-3H3. The molecule has 2 fully saturated rings. The molecule has 1 N–H and O–H groups in total. The lowest BCUT2D eigenvalue weighted by atomic mass is 9.95. The summed E-state index contributed by atoms with van der Waals surface area (Å²) in [5.41, 5.74) is 0.234. The van der Waals surface area contributed by atoms with E-state index in [4.69, 9.17) is 16.3 Å². The highest BCUT2D eigenvalue weighted by Crippen LogP contribution is 2.26. The summed E-state index contributed by atoms with van der Waals surface area (Å²) in [5.74, 6) is 0.332. The Balaban J connectivity index is 1.61. The van der Waals surface area contributed by atoms with Crippen molar-refractivity contribution in [1.82, 2.24) is 14.5 Å². The van der Waals surface area contributed by atoms with Gasteiger partial charge in [0.25, 0.3) is 5.91 Å². The lowest BCUT2D eigenvalue weighted by molar-refractivity contribution is -0.0728. The summed E-state index contributed by atoms with van der Waals surface area (Å²) in [7, 11) is -2.29. The molecule has 29 heavy (non-hydrogen) atoms. The molecule has 9 heteroatoms. The molecule has 0 radical (unpaired) electrons. The fraction of sp³-hybridized carbons (Fsp3) is 0.650. The van der Waals surface area contributed by atoms with Gasteiger partial charge in [0.2, 0.25) is 10.0 Å². The summed E-state index contributed by atoms with van der Waals surface area (Å²) >= 11 is 6.21. The minimum Gasteiger partial charge on any atom is -0.373 e. The number of carbonyl (C=O) groups excluding carboxylic acids is 1. The van der Waals surface area contributed by atoms with Crippen molar-refractivity contribution in [1.29, 1.82) is 0 Å². The summed E-state index contributed by atoms with van der Waals surface area (Å²) in [5, 5.41) is 0.267. The Bertz CT molecular complexity index is 830. The Morgan fingerprint density at radius 3 is 2.41 bits per heavy atom. The highest BCUT2D eigenvalue weighted by molar-refractivity contribution is 7.89. The number of halogens is 1. The van der Waals surface area contributed by atoms with Crippen LogP contribution in [0.4, 0.5) is 0 Å². The summed E-state index contributed by atoms with van der Waals surface area (Å²) in [4.78, 5) is 17.2. The maximum absolute atomic E-state index is 13.0. The zero-order valence-corrected chi connectivity index (χ0v) is 18.8. The number of hydrogen-bond acceptors (Lipinski definition) is 5. The maximum atomic E-state index is 13.0. The van der Waals surface area contributed by atoms with E-state index in [0.717, 1.165) is 32.5 Å². The van der Waals surface area contributed by atoms with E-state index in [-0.39, 0.29) is 33.6 Å². The molecular weight excluding hydrogens is 414 g/mol. The van der Waals surface area contributed by atoms with Crippen LogP contribution >= 0.6 is 11.6 Å². The molecular formula is C20H30ClN3O4S. The SMILES string of the molecule is CNS(=O)(=O)c1ccc(Cl)c(C(=O)N2CCC(CN3CC(C)OC(C)C3)CC2)c1. The highest BCUT2D eigenvalue weighted by atomic mass is 35.5. The molecule has 2 atom stereocenters. The molecule has 0 saturated carbocycles. The van der Waals surface area contributed by atoms with Crippen molar-refractivity contribution in [2.24, 2.45) is 5.92 Å². The fourth-order valence-corrected chi connectivity index (χ4v) is 5.20. The number of rotatable bonds is 5. The number of morpholine rings is 1. The number of likely N-dealkylation sites (tertiary alicyclic amines) is 1. The number of carbonyl (C=O) groups is 1. The first kappa shape index (κ1) is 22.5. The molecule has 2 saturated heterocycles. The normalized spacial score (nSPS) is 24.6. The van der Waals surface area contributed by atoms with Crippen LogP contribution in [0.25, 0.3) is 0 Å². The molecule has 2 aliphatic heterocycles. The van der Waals surface area contributed by atoms with E-state index in [9.17, 15) is 13.2 Å². The first-order chi connectivity index (χ1) is 13.7. The zero-order valence-electron chi connectivity index (χ0n) is 17.2. The van der Waals surface area contributed by atoms with E-state index >= 15 is 0 Å². The molecule has 0 spiro atoms. The van der Waals surface area contributed by atoms with Crippen LogP contribution in [-0.4, -0.2) is 76.1 Å². The average Bonchev–Trinajstić information content (AvgIpc) is 2.67. The second-order valence-electron chi connectivity index (χ2n) is 8.06. The fourth-order valence-electron chi connectivity index (χ4n) is 4.24. The highest BCUT2D eigenvalue weighted by Gasteiger charge is 2.29. The molecule has 0 aromatic heterocycles. The van der Waals surface area contributed by atoms with Crippen LogP contribution in [0.5, 0.6) is 0 Å². The minimum atomic E-state index is -3.63. The third-order valence-corrected chi connectivity index (χ3v) is 7.40. The van der Waals surface area contributed by atoms with Gasteiger partial charge in [-0.1, -0.05) is 11.6 Å². The van der Waals surface area contributed by atoms with Crippen LogP contribution in [-0.2, 0) is 14.8 Å². The molecule has 162 valence electrons. The van der Waals surface area contributed by atoms with E-state index in [1.807, 2.05) is 0 Å². The number of nitrogens with zero attached hydrogens (tertiary/aromatic N) is 2. The summed E-state index contributed by atoms with van der Waals surface area (Å²) in [6.45, 7) is 8.44. The van der Waals surface area contributed by atoms with E-state index in [1.165, 1.54) is 25.2 Å². The number of piperidine rings is 1. The second kappa shape index (κ2) is 9.31. The van der Waals surface area contributed by atoms with Gasteiger partial charge in [-0.15, -0.1) is 0 Å². The number of nitrogens with one attached hydrogen (secondary N) is 1. The van der Waals surface area contributed by atoms with Gasteiger partial charge in [0.05, 0.1) is 27.7 Å². The van der Waals surface area contributed by atoms with Crippen molar-refractivity contribution < 1.29 is 17.9 Å². The van der Waals surface area contributed by atoms with Crippen molar-refractivity contribution >= 4 is 27.5 Å². The Morgan fingerprint density at radius 1 is 1.21 bits per heavy atom. The smallest absolute Gasteiger partial charge is 0.255 e. The van der Waals surface area contributed by atoms with Gasteiger partial charge in [0, 0.05) is 32.7 Å². The summed E-state index contributed by atoms with van der Waals surface area (Å²) < 4.78 is 32.2. The lowest BCUT2D eigenvalue weighted by Gasteiger charge is -2.39. The molecule has 2 aliphatic rings. The number of sulfonamides is 1. The monoisotopic (exact) mass is 443 g/mol. The number of amides is 1. The van der Waals surface area contributed by atoms with E-state index in [2.05, 4.69) is 23.5 Å². The van der Waals surface area contributed by atoms with Gasteiger partial charge in [-0.2, -0.15) is 0 Å². The second-order valence-corrected chi connectivity index (χ2v) is 10.4. The summed E-state index contributed by atoms with van der Waals surface area (Å²) in [6, 6.07) is 4.23. The molecule has 0 bridgehead atoms. The van der Waals surface area contributed by atoms with Crippen molar-refractivity contribution in [2.75, 3.05) is 39.8 Å². The molecule has 2 unspecified atom stereocenters. The van der Waals surface area contributed by atoms with Crippen LogP contribution in [0.3, 0.4) is 0 Å². The Hall–Kier alpha value is -1.19. The van der Waals surface area contributed by atoms with Gasteiger partial charge in [0.15, 0.2) is 0 Å². The van der Waals surface area contributed by atoms with Crippen LogP contribution in [0.1, 0.15) is 37.0 Å². The van der Waals surface area contributed by atoms with Crippen LogP contribution in [0.15, 0.2) is 23.1 Å². The number of hydrogen-bond donors (Lipinski definition) is 1. The van der Waals surface area contributed by atoms with Gasteiger partial charge in [0.1, 0.15) is 0 Å². The van der Waals surface area contributed by atoms with Crippen molar-refractivity contribution in [3.63, 3.8) is 0 Å². The number of ether oxygens (including phenoxy) is 1. The summed E-state index contributed by atoms with van der Waals surface area (Å²) in [6.07, 6.45) is 2.36. The molecule has 1 aromatic carbocycles.